The molecule has 0 aliphatic carbocycles. The zero-order chi connectivity index (χ0) is 17.6. The highest BCUT2D eigenvalue weighted by atomic mass is 16.5. The zero-order valence-corrected chi connectivity index (χ0v) is 14.7. The van der Waals surface area contributed by atoms with Gasteiger partial charge in [-0.1, -0.05) is 6.42 Å². The smallest absolute Gasteiger partial charge is 0.313 e. The molecule has 2 fully saturated rings. The molecule has 1 aromatic heterocycles. The van der Waals surface area contributed by atoms with Crippen molar-refractivity contribution in [1.82, 2.24) is 15.2 Å². The molecule has 2 amide bonds. The Morgan fingerprint density at radius 1 is 1.24 bits per heavy atom. The number of pyridine rings is 1. The van der Waals surface area contributed by atoms with E-state index in [4.69, 9.17) is 4.74 Å². The summed E-state index contributed by atoms with van der Waals surface area (Å²) in [7, 11) is 1.47. The highest BCUT2D eigenvalue weighted by Crippen LogP contribution is 2.30. The second kappa shape index (κ2) is 8.29. The first-order chi connectivity index (χ1) is 12.2. The maximum absolute atomic E-state index is 12.2. The fraction of sp³-hybridized carbons (Fsp3) is 0.611. The van der Waals surface area contributed by atoms with E-state index in [1.165, 1.54) is 26.4 Å². The van der Waals surface area contributed by atoms with Crippen LogP contribution in [0.4, 0.5) is 5.69 Å². The molecular weight excluding hydrogens is 320 g/mol. The Labute approximate surface area is 148 Å². The molecule has 3 rings (SSSR count). The molecule has 7 heteroatoms. The van der Waals surface area contributed by atoms with Crippen molar-refractivity contribution in [2.24, 2.45) is 5.92 Å². The van der Waals surface area contributed by atoms with Gasteiger partial charge in [-0.05, 0) is 56.8 Å². The summed E-state index contributed by atoms with van der Waals surface area (Å²) in [5.41, 5.74) is 0.390. The van der Waals surface area contributed by atoms with Crippen LogP contribution in [0.5, 0.6) is 5.88 Å². The lowest BCUT2D eigenvalue weighted by Gasteiger charge is -2.44. The molecule has 0 aromatic carbocycles. The SMILES string of the molecule is COc1ncccc1NC(=O)C(=O)NC[C@@H]1CCCN2CCCC[C@H]12. The first-order valence-corrected chi connectivity index (χ1v) is 9.01. The Balaban J connectivity index is 1.52. The molecule has 0 saturated carbocycles. The Hall–Kier alpha value is -2.15. The monoisotopic (exact) mass is 346 g/mol. The number of nitrogens with one attached hydrogen (secondary N) is 2. The molecular formula is C18H26N4O3. The standard InChI is InChI=1S/C18H26N4O3/c1-25-18-14(7-4-9-19-18)21-17(24)16(23)20-12-13-6-5-11-22-10-3-2-8-15(13)22/h4,7,9,13,15H,2-3,5-6,8,10-12H2,1H3,(H,20,23)(H,21,24)/t13-,15+/m0/s1. The molecule has 0 bridgehead atoms. The summed E-state index contributed by atoms with van der Waals surface area (Å²) >= 11 is 0. The van der Waals surface area contributed by atoms with Crippen LogP contribution in [0.15, 0.2) is 18.3 Å². The number of aromatic nitrogens is 1. The normalized spacial score (nSPS) is 23.4. The molecule has 1 aromatic rings. The van der Waals surface area contributed by atoms with Crippen LogP contribution < -0.4 is 15.4 Å². The summed E-state index contributed by atoms with van der Waals surface area (Å²) in [4.78, 5) is 30.8. The van der Waals surface area contributed by atoms with Crippen molar-refractivity contribution >= 4 is 17.5 Å². The third-order valence-corrected chi connectivity index (χ3v) is 5.17. The van der Waals surface area contributed by atoms with E-state index < -0.39 is 11.8 Å². The molecule has 2 aliphatic heterocycles. The van der Waals surface area contributed by atoms with Gasteiger partial charge in [-0.15, -0.1) is 0 Å². The summed E-state index contributed by atoms with van der Waals surface area (Å²) in [6.07, 6.45) is 7.56. The molecule has 25 heavy (non-hydrogen) atoms. The first-order valence-electron chi connectivity index (χ1n) is 9.01. The minimum absolute atomic E-state index is 0.286. The highest BCUT2D eigenvalue weighted by molar-refractivity contribution is 6.39. The Kier molecular flexibility index (Phi) is 5.86. The summed E-state index contributed by atoms with van der Waals surface area (Å²) in [5.74, 6) is -0.589. The lowest BCUT2D eigenvalue weighted by atomic mass is 9.83. The lowest BCUT2D eigenvalue weighted by molar-refractivity contribution is -0.136. The number of methoxy groups -OCH3 is 1. The van der Waals surface area contributed by atoms with Crippen molar-refractivity contribution in [2.45, 2.75) is 38.1 Å². The second-order valence-electron chi connectivity index (χ2n) is 6.73. The number of amides is 2. The number of anilines is 1. The molecule has 0 radical (unpaired) electrons. The molecule has 2 atom stereocenters. The van der Waals surface area contributed by atoms with Crippen molar-refractivity contribution in [3.05, 3.63) is 18.3 Å². The summed E-state index contributed by atoms with van der Waals surface area (Å²) in [6.45, 7) is 2.88. The maximum Gasteiger partial charge on any atom is 0.313 e. The number of fused-ring (bicyclic) bond motifs is 1. The summed E-state index contributed by atoms with van der Waals surface area (Å²) in [5, 5.41) is 5.36. The van der Waals surface area contributed by atoms with Crippen LogP contribution in [-0.4, -0.2) is 54.5 Å². The summed E-state index contributed by atoms with van der Waals surface area (Å²) < 4.78 is 5.08. The first kappa shape index (κ1) is 17.7. The van der Waals surface area contributed by atoms with Gasteiger partial charge in [0.05, 0.1) is 7.11 Å². The van der Waals surface area contributed by atoms with E-state index in [1.807, 2.05) is 0 Å². The van der Waals surface area contributed by atoms with Gasteiger partial charge in [-0.2, -0.15) is 0 Å². The van der Waals surface area contributed by atoms with Crippen molar-refractivity contribution in [3.8, 4) is 5.88 Å². The lowest BCUT2D eigenvalue weighted by Crippen LogP contribution is -2.51. The summed E-state index contributed by atoms with van der Waals surface area (Å²) in [6, 6.07) is 3.87. The molecule has 3 heterocycles. The molecule has 2 saturated heterocycles. The number of ether oxygens (including phenoxy) is 1. The Morgan fingerprint density at radius 2 is 2.08 bits per heavy atom. The maximum atomic E-state index is 12.2. The van der Waals surface area contributed by atoms with Gasteiger partial charge in [0.25, 0.3) is 0 Å². The van der Waals surface area contributed by atoms with E-state index in [1.54, 1.807) is 18.3 Å². The van der Waals surface area contributed by atoms with E-state index in [-0.39, 0.29) is 5.88 Å². The third-order valence-electron chi connectivity index (χ3n) is 5.17. The van der Waals surface area contributed by atoms with Crippen LogP contribution in [0.2, 0.25) is 0 Å². The topological polar surface area (TPSA) is 83.6 Å². The van der Waals surface area contributed by atoms with Crippen LogP contribution in [0, 0.1) is 5.92 Å². The number of hydrogen-bond acceptors (Lipinski definition) is 5. The van der Waals surface area contributed by atoms with E-state index in [0.717, 1.165) is 25.9 Å². The van der Waals surface area contributed by atoms with Crippen molar-refractivity contribution in [2.75, 3.05) is 32.1 Å². The van der Waals surface area contributed by atoms with Gasteiger partial charge in [0.15, 0.2) is 0 Å². The fourth-order valence-electron chi connectivity index (χ4n) is 3.95. The highest BCUT2D eigenvalue weighted by Gasteiger charge is 2.33. The quantitative estimate of drug-likeness (QED) is 0.806. The fourth-order valence-corrected chi connectivity index (χ4v) is 3.95. The minimum atomic E-state index is -0.692. The number of nitrogens with zero attached hydrogens (tertiary/aromatic N) is 2. The van der Waals surface area contributed by atoms with Crippen LogP contribution in [0.1, 0.15) is 32.1 Å². The second-order valence-corrected chi connectivity index (χ2v) is 6.73. The number of carbonyl (C=O) groups excluding carboxylic acids is 2. The molecule has 0 unspecified atom stereocenters. The van der Waals surface area contributed by atoms with Crippen molar-refractivity contribution in [1.29, 1.82) is 0 Å². The number of hydrogen-bond donors (Lipinski definition) is 2. The number of carbonyl (C=O) groups is 2. The van der Waals surface area contributed by atoms with Gasteiger partial charge in [-0.3, -0.25) is 9.59 Å². The van der Waals surface area contributed by atoms with Crippen LogP contribution in [0.3, 0.4) is 0 Å². The average molecular weight is 346 g/mol. The van der Waals surface area contributed by atoms with Gasteiger partial charge in [0.2, 0.25) is 5.88 Å². The van der Waals surface area contributed by atoms with Crippen LogP contribution in [-0.2, 0) is 9.59 Å². The van der Waals surface area contributed by atoms with Crippen LogP contribution >= 0.6 is 0 Å². The van der Waals surface area contributed by atoms with Crippen LogP contribution in [0.25, 0.3) is 0 Å². The Morgan fingerprint density at radius 3 is 2.92 bits per heavy atom. The van der Waals surface area contributed by atoms with Gasteiger partial charge < -0.3 is 20.3 Å². The average Bonchev–Trinajstić information content (AvgIpc) is 2.66. The molecule has 2 N–H and O–H groups in total. The molecule has 7 nitrogen and oxygen atoms in total. The number of piperidine rings is 2. The van der Waals surface area contributed by atoms with E-state index in [2.05, 4.69) is 20.5 Å². The van der Waals surface area contributed by atoms with Crippen molar-refractivity contribution < 1.29 is 14.3 Å². The van der Waals surface area contributed by atoms with Gasteiger partial charge >= 0.3 is 11.8 Å². The van der Waals surface area contributed by atoms with Gasteiger partial charge in [-0.25, -0.2) is 4.98 Å². The van der Waals surface area contributed by atoms with Gasteiger partial charge in [0, 0.05) is 18.8 Å². The third kappa shape index (κ3) is 4.28. The van der Waals surface area contributed by atoms with E-state index in [0.29, 0.717) is 24.2 Å². The Bertz CT molecular complexity index is 620. The molecule has 2 aliphatic rings. The molecule has 136 valence electrons. The van der Waals surface area contributed by atoms with E-state index in [9.17, 15) is 9.59 Å². The molecule has 0 spiro atoms. The predicted octanol–water partition coefficient (Wildman–Crippen LogP) is 1.41. The largest absolute Gasteiger partial charge is 0.480 e. The van der Waals surface area contributed by atoms with E-state index >= 15 is 0 Å². The predicted molar refractivity (Wildman–Crippen MR) is 94.4 cm³/mol. The van der Waals surface area contributed by atoms with Crippen molar-refractivity contribution in [3.63, 3.8) is 0 Å². The minimum Gasteiger partial charge on any atom is -0.480 e. The zero-order valence-electron chi connectivity index (χ0n) is 14.7. The number of rotatable bonds is 4. The van der Waals surface area contributed by atoms with Gasteiger partial charge in [0.1, 0.15) is 5.69 Å².